The second kappa shape index (κ2) is 11.6. The third-order valence-corrected chi connectivity index (χ3v) is 6.50. The first-order valence-electron chi connectivity index (χ1n) is 10.7. The summed E-state index contributed by atoms with van der Waals surface area (Å²) in [5.74, 6) is 0.796. The van der Waals surface area contributed by atoms with Gasteiger partial charge in [0.2, 0.25) is 5.75 Å². The first-order valence-corrected chi connectivity index (χ1v) is 13.0. The molecule has 2 N–H and O–H groups in total. The largest absolute Gasteiger partial charge is 0.493 e. The molecule has 0 bridgehead atoms. The summed E-state index contributed by atoms with van der Waals surface area (Å²) in [4.78, 5) is 13.8. The van der Waals surface area contributed by atoms with Gasteiger partial charge in [-0.05, 0) is 35.7 Å². The first-order chi connectivity index (χ1) is 17.5. The molecule has 0 spiro atoms. The van der Waals surface area contributed by atoms with Gasteiger partial charge in [-0.2, -0.15) is 18.1 Å². The van der Waals surface area contributed by atoms with Gasteiger partial charge in [0.1, 0.15) is 6.61 Å². The molecule has 0 radical (unpaired) electrons. The average Bonchev–Trinajstić information content (AvgIpc) is 3.42. The Morgan fingerprint density at radius 1 is 1.06 bits per heavy atom. The molecule has 12 heteroatoms. The quantitative estimate of drug-likeness (QED) is 0.261. The van der Waals surface area contributed by atoms with Crippen LogP contribution in [0.1, 0.15) is 4.88 Å². The average molecular weight is 526 g/mol. The van der Waals surface area contributed by atoms with Crippen molar-refractivity contribution in [2.45, 2.75) is 6.54 Å². The van der Waals surface area contributed by atoms with Gasteiger partial charge in [-0.1, -0.05) is 30.9 Å². The van der Waals surface area contributed by atoms with Gasteiger partial charge in [-0.15, -0.1) is 11.3 Å². The molecule has 0 aliphatic carbocycles. The number of rotatable bonds is 12. The van der Waals surface area contributed by atoms with E-state index in [1.807, 2.05) is 17.5 Å². The Bertz CT molecular complexity index is 1410. The number of nitrogens with zero attached hydrogens (tertiary/aromatic N) is 3. The minimum atomic E-state index is -4.06. The predicted octanol–water partition coefficient (Wildman–Crippen LogP) is 4.41. The highest BCUT2D eigenvalue weighted by Crippen LogP contribution is 2.41. The molecular formula is C24H23N5O5S2. The maximum absolute atomic E-state index is 13.0. The number of anilines is 1. The van der Waals surface area contributed by atoms with Crippen molar-refractivity contribution >= 4 is 27.4 Å². The minimum Gasteiger partial charge on any atom is -0.493 e. The highest BCUT2D eigenvalue weighted by atomic mass is 32.2. The zero-order valence-electron chi connectivity index (χ0n) is 19.2. The molecule has 0 aliphatic rings. The molecule has 3 aromatic heterocycles. The van der Waals surface area contributed by atoms with E-state index in [0.717, 1.165) is 4.88 Å². The number of ether oxygens (including phenoxy) is 3. The van der Waals surface area contributed by atoms with Crippen molar-refractivity contribution in [2.75, 3.05) is 18.4 Å². The molecule has 0 amide bonds. The Morgan fingerprint density at radius 3 is 2.53 bits per heavy atom. The number of methoxy groups -OCH3 is 1. The van der Waals surface area contributed by atoms with Crippen molar-refractivity contribution in [1.82, 2.24) is 19.7 Å². The predicted molar refractivity (Wildman–Crippen MR) is 138 cm³/mol. The van der Waals surface area contributed by atoms with E-state index in [9.17, 15) is 8.42 Å². The zero-order valence-corrected chi connectivity index (χ0v) is 20.9. The molecular weight excluding hydrogens is 502 g/mol. The summed E-state index contributed by atoms with van der Waals surface area (Å²) < 4.78 is 48.1. The Morgan fingerprint density at radius 2 is 1.83 bits per heavy atom. The summed E-state index contributed by atoms with van der Waals surface area (Å²) >= 11 is 1.44. The fourth-order valence-corrected chi connectivity index (χ4v) is 4.56. The van der Waals surface area contributed by atoms with Crippen LogP contribution >= 0.6 is 11.3 Å². The summed E-state index contributed by atoms with van der Waals surface area (Å²) in [6.45, 7) is 3.87. The van der Waals surface area contributed by atoms with Crippen molar-refractivity contribution in [2.24, 2.45) is 0 Å². The molecule has 0 fully saturated rings. The number of hydrogen-bond acceptors (Lipinski definition) is 9. The van der Waals surface area contributed by atoms with Crippen molar-refractivity contribution in [1.29, 1.82) is 0 Å². The third kappa shape index (κ3) is 6.36. The van der Waals surface area contributed by atoms with Crippen LogP contribution in [-0.4, -0.2) is 37.1 Å². The lowest BCUT2D eigenvalue weighted by molar-refractivity contribution is 0.320. The summed E-state index contributed by atoms with van der Waals surface area (Å²) in [6.07, 6.45) is 4.69. The first kappa shape index (κ1) is 25.1. The number of benzene rings is 1. The molecule has 186 valence electrons. The van der Waals surface area contributed by atoms with E-state index in [1.54, 1.807) is 48.8 Å². The van der Waals surface area contributed by atoms with Crippen LogP contribution in [0.3, 0.4) is 0 Å². The Labute approximate surface area is 212 Å². The number of para-hydroxylation sites is 2. The van der Waals surface area contributed by atoms with Gasteiger partial charge in [-0.3, -0.25) is 9.71 Å². The SMILES string of the molecule is C=CCOc1nc(-c2ccncc2)nc(NS(=O)(=O)NCc2cccs2)c1Oc1ccccc1OC. The van der Waals surface area contributed by atoms with E-state index in [1.165, 1.54) is 24.5 Å². The highest BCUT2D eigenvalue weighted by molar-refractivity contribution is 7.90. The van der Waals surface area contributed by atoms with Crippen LogP contribution in [0.25, 0.3) is 11.4 Å². The fraction of sp³-hybridized carbons (Fsp3) is 0.125. The van der Waals surface area contributed by atoms with Crippen LogP contribution in [0.2, 0.25) is 0 Å². The van der Waals surface area contributed by atoms with Gasteiger partial charge in [-0.25, -0.2) is 4.98 Å². The van der Waals surface area contributed by atoms with Crippen molar-refractivity contribution in [3.05, 3.63) is 83.8 Å². The lowest BCUT2D eigenvalue weighted by Gasteiger charge is -2.18. The van der Waals surface area contributed by atoms with Crippen LogP contribution < -0.4 is 23.7 Å². The van der Waals surface area contributed by atoms with Crippen molar-refractivity contribution < 1.29 is 22.6 Å². The molecule has 1 aromatic carbocycles. The van der Waals surface area contributed by atoms with E-state index >= 15 is 0 Å². The number of pyridine rings is 1. The standard InChI is InChI=1S/C24H23N5O5S2/c1-3-14-33-24-21(34-20-9-5-4-8-19(20)32-2)23(27-22(28-24)17-10-12-25-13-11-17)29-36(30,31)26-16-18-7-6-15-35-18/h3-13,15,26H,1,14,16H2,2H3,(H,27,28,29). The van der Waals surface area contributed by atoms with Crippen LogP contribution in [-0.2, 0) is 16.8 Å². The monoisotopic (exact) mass is 525 g/mol. The lowest BCUT2D eigenvalue weighted by atomic mass is 10.2. The molecule has 0 atom stereocenters. The van der Waals surface area contributed by atoms with Crippen LogP contribution in [0.5, 0.6) is 23.1 Å². The summed E-state index contributed by atoms with van der Waals surface area (Å²) in [5.41, 5.74) is 0.601. The molecule has 0 unspecified atom stereocenters. The van der Waals surface area contributed by atoms with Gasteiger partial charge in [0, 0.05) is 29.4 Å². The number of nitrogens with one attached hydrogen (secondary N) is 2. The van der Waals surface area contributed by atoms with E-state index in [4.69, 9.17) is 14.2 Å². The normalized spacial score (nSPS) is 11.0. The van der Waals surface area contributed by atoms with Gasteiger partial charge in [0.15, 0.2) is 23.1 Å². The van der Waals surface area contributed by atoms with Crippen LogP contribution in [0, 0.1) is 0 Å². The number of hydrogen-bond donors (Lipinski definition) is 2. The van der Waals surface area contributed by atoms with E-state index in [2.05, 4.69) is 31.0 Å². The second-order valence-electron chi connectivity index (χ2n) is 7.12. The van der Waals surface area contributed by atoms with E-state index in [-0.39, 0.29) is 36.4 Å². The molecule has 3 heterocycles. The Kier molecular flexibility index (Phi) is 8.10. The molecule has 10 nitrogen and oxygen atoms in total. The molecule has 0 saturated heterocycles. The number of thiophene rings is 1. The van der Waals surface area contributed by atoms with Gasteiger partial charge in [0.25, 0.3) is 5.88 Å². The zero-order chi connectivity index (χ0) is 25.4. The summed E-state index contributed by atoms with van der Waals surface area (Å²) in [7, 11) is -2.56. The van der Waals surface area contributed by atoms with E-state index in [0.29, 0.717) is 17.1 Å². The molecule has 36 heavy (non-hydrogen) atoms. The summed E-state index contributed by atoms with van der Waals surface area (Å²) in [6, 6.07) is 14.0. The second-order valence-corrected chi connectivity index (χ2v) is 9.66. The minimum absolute atomic E-state index is 0.0126. The Balaban J connectivity index is 1.79. The van der Waals surface area contributed by atoms with Gasteiger partial charge >= 0.3 is 10.2 Å². The smallest absolute Gasteiger partial charge is 0.300 e. The van der Waals surface area contributed by atoms with E-state index < -0.39 is 10.2 Å². The van der Waals surface area contributed by atoms with Gasteiger partial charge in [0.05, 0.1) is 7.11 Å². The third-order valence-electron chi connectivity index (χ3n) is 4.64. The van der Waals surface area contributed by atoms with Crippen LogP contribution in [0.15, 0.2) is 79.0 Å². The highest BCUT2D eigenvalue weighted by Gasteiger charge is 2.24. The maximum Gasteiger partial charge on any atom is 0.300 e. The Hall–Kier alpha value is -4.00. The molecule has 4 aromatic rings. The fourth-order valence-electron chi connectivity index (χ4n) is 3.01. The number of aromatic nitrogens is 3. The van der Waals surface area contributed by atoms with Gasteiger partial charge < -0.3 is 14.2 Å². The molecule has 0 saturated carbocycles. The lowest BCUT2D eigenvalue weighted by Crippen LogP contribution is -2.30. The summed E-state index contributed by atoms with van der Waals surface area (Å²) in [5, 5.41) is 1.87. The van der Waals surface area contributed by atoms with Crippen molar-refractivity contribution in [3.8, 4) is 34.5 Å². The van der Waals surface area contributed by atoms with Crippen LogP contribution in [0.4, 0.5) is 5.82 Å². The van der Waals surface area contributed by atoms with Crippen molar-refractivity contribution in [3.63, 3.8) is 0 Å². The molecule has 0 aliphatic heterocycles. The topological polar surface area (TPSA) is 125 Å². The molecule has 4 rings (SSSR count). The maximum atomic E-state index is 13.0.